The Balaban J connectivity index is 1.73. The van der Waals surface area contributed by atoms with Gasteiger partial charge in [0, 0.05) is 38.5 Å². The highest BCUT2D eigenvalue weighted by atomic mass is 16.2. The summed E-state index contributed by atoms with van der Waals surface area (Å²) in [6.07, 6.45) is 11.1. The lowest BCUT2D eigenvalue weighted by Gasteiger charge is -2.32. The molecule has 0 aliphatic carbocycles. The van der Waals surface area contributed by atoms with Crippen LogP contribution in [0.4, 0.5) is 0 Å². The minimum Gasteiger partial charge on any atom is -0.396 e. The monoisotopic (exact) mass is 265 g/mol. The SMILES string of the molecule is Cn1ccnc1C1CCCN(CCCCCCO)C1. The van der Waals surface area contributed by atoms with Crippen molar-refractivity contribution in [3.05, 3.63) is 18.2 Å². The zero-order chi connectivity index (χ0) is 13.5. The fourth-order valence-corrected chi connectivity index (χ4v) is 3.04. The van der Waals surface area contributed by atoms with Gasteiger partial charge in [-0.05, 0) is 38.8 Å². The lowest BCUT2D eigenvalue weighted by molar-refractivity contribution is 0.198. The van der Waals surface area contributed by atoms with Crippen molar-refractivity contribution in [3.8, 4) is 0 Å². The maximum atomic E-state index is 8.76. The lowest BCUT2D eigenvalue weighted by atomic mass is 9.97. The van der Waals surface area contributed by atoms with E-state index in [2.05, 4.69) is 21.5 Å². The number of rotatable bonds is 7. The average Bonchev–Trinajstić information content (AvgIpc) is 2.85. The highest BCUT2D eigenvalue weighted by Gasteiger charge is 2.23. The molecule has 1 unspecified atom stereocenters. The van der Waals surface area contributed by atoms with E-state index in [4.69, 9.17) is 5.11 Å². The smallest absolute Gasteiger partial charge is 0.112 e. The molecule has 1 atom stereocenters. The van der Waals surface area contributed by atoms with E-state index in [0.717, 1.165) is 19.4 Å². The van der Waals surface area contributed by atoms with Crippen molar-refractivity contribution in [2.45, 2.75) is 44.4 Å². The van der Waals surface area contributed by atoms with Crippen LogP contribution in [-0.2, 0) is 7.05 Å². The maximum Gasteiger partial charge on any atom is 0.112 e. The Morgan fingerprint density at radius 3 is 2.89 bits per heavy atom. The molecule has 0 saturated carbocycles. The number of aliphatic hydroxyl groups is 1. The van der Waals surface area contributed by atoms with Gasteiger partial charge in [-0.25, -0.2) is 4.98 Å². The molecule has 4 heteroatoms. The molecular weight excluding hydrogens is 238 g/mol. The van der Waals surface area contributed by atoms with Crippen LogP contribution in [0.1, 0.15) is 50.3 Å². The predicted octanol–water partition coefficient (Wildman–Crippen LogP) is 2.15. The lowest BCUT2D eigenvalue weighted by Crippen LogP contribution is -2.35. The van der Waals surface area contributed by atoms with Crippen LogP contribution in [0.15, 0.2) is 12.4 Å². The second kappa shape index (κ2) is 7.65. The van der Waals surface area contributed by atoms with Crippen LogP contribution in [-0.4, -0.2) is 45.8 Å². The standard InChI is InChI=1S/C15H27N3O/c1-17-11-8-16-15(17)14-7-6-10-18(13-14)9-4-2-3-5-12-19/h8,11,14,19H,2-7,9-10,12-13H2,1H3. The van der Waals surface area contributed by atoms with Gasteiger partial charge in [0.15, 0.2) is 0 Å². The molecule has 0 amide bonds. The molecule has 2 rings (SSSR count). The normalized spacial score (nSPS) is 20.8. The Morgan fingerprint density at radius 2 is 2.16 bits per heavy atom. The molecule has 19 heavy (non-hydrogen) atoms. The molecule has 4 nitrogen and oxygen atoms in total. The molecule has 2 heterocycles. The second-order valence-electron chi connectivity index (χ2n) is 5.67. The summed E-state index contributed by atoms with van der Waals surface area (Å²) < 4.78 is 2.16. The van der Waals surface area contributed by atoms with Crippen molar-refractivity contribution in [1.29, 1.82) is 0 Å². The van der Waals surface area contributed by atoms with Gasteiger partial charge in [0.1, 0.15) is 5.82 Å². The Labute approximate surface area is 116 Å². The molecule has 0 spiro atoms. The summed E-state index contributed by atoms with van der Waals surface area (Å²) in [4.78, 5) is 7.09. The topological polar surface area (TPSA) is 41.3 Å². The third-order valence-corrected chi connectivity index (χ3v) is 4.11. The third kappa shape index (κ3) is 4.32. The zero-order valence-corrected chi connectivity index (χ0v) is 12.1. The summed E-state index contributed by atoms with van der Waals surface area (Å²) in [7, 11) is 2.09. The molecule has 0 bridgehead atoms. The summed E-state index contributed by atoms with van der Waals surface area (Å²) in [6, 6.07) is 0. The number of nitrogens with zero attached hydrogens (tertiary/aromatic N) is 3. The van der Waals surface area contributed by atoms with Gasteiger partial charge in [-0.1, -0.05) is 12.8 Å². The molecule has 0 aromatic carbocycles. The fourth-order valence-electron chi connectivity index (χ4n) is 3.04. The van der Waals surface area contributed by atoms with Gasteiger partial charge in [-0.3, -0.25) is 0 Å². The number of likely N-dealkylation sites (tertiary alicyclic amines) is 1. The van der Waals surface area contributed by atoms with Crippen LogP contribution in [0.25, 0.3) is 0 Å². The molecule has 1 fully saturated rings. The van der Waals surface area contributed by atoms with Crippen molar-refractivity contribution in [2.24, 2.45) is 7.05 Å². The number of unbranched alkanes of at least 4 members (excludes halogenated alkanes) is 3. The summed E-state index contributed by atoms with van der Waals surface area (Å²) >= 11 is 0. The Kier molecular flexibility index (Phi) is 5.86. The van der Waals surface area contributed by atoms with E-state index >= 15 is 0 Å². The predicted molar refractivity (Wildman–Crippen MR) is 77.2 cm³/mol. The first kappa shape index (κ1) is 14.5. The Morgan fingerprint density at radius 1 is 1.32 bits per heavy atom. The van der Waals surface area contributed by atoms with Crippen molar-refractivity contribution >= 4 is 0 Å². The summed E-state index contributed by atoms with van der Waals surface area (Å²) in [6.45, 7) is 3.93. The number of aromatic nitrogens is 2. The van der Waals surface area contributed by atoms with Crippen LogP contribution < -0.4 is 0 Å². The van der Waals surface area contributed by atoms with E-state index in [9.17, 15) is 0 Å². The summed E-state index contributed by atoms with van der Waals surface area (Å²) in [5.41, 5.74) is 0. The van der Waals surface area contributed by atoms with Gasteiger partial charge in [0.05, 0.1) is 0 Å². The van der Waals surface area contributed by atoms with E-state index in [1.165, 1.54) is 44.6 Å². The first-order valence-corrected chi connectivity index (χ1v) is 7.61. The first-order chi connectivity index (χ1) is 9.31. The van der Waals surface area contributed by atoms with E-state index < -0.39 is 0 Å². The van der Waals surface area contributed by atoms with Crippen LogP contribution in [0.3, 0.4) is 0 Å². The molecule has 1 saturated heterocycles. The zero-order valence-electron chi connectivity index (χ0n) is 12.1. The van der Waals surface area contributed by atoms with E-state index in [-0.39, 0.29) is 0 Å². The van der Waals surface area contributed by atoms with Gasteiger partial charge in [0.25, 0.3) is 0 Å². The quantitative estimate of drug-likeness (QED) is 0.768. The minimum atomic E-state index is 0.338. The van der Waals surface area contributed by atoms with Gasteiger partial charge in [-0.2, -0.15) is 0 Å². The number of hydrogen-bond acceptors (Lipinski definition) is 3. The van der Waals surface area contributed by atoms with Crippen LogP contribution in [0, 0.1) is 0 Å². The molecule has 1 aliphatic rings. The number of aryl methyl sites for hydroxylation is 1. The van der Waals surface area contributed by atoms with E-state index in [1.54, 1.807) is 0 Å². The largest absolute Gasteiger partial charge is 0.396 e. The first-order valence-electron chi connectivity index (χ1n) is 7.61. The minimum absolute atomic E-state index is 0.338. The van der Waals surface area contributed by atoms with Crippen LogP contribution in [0.2, 0.25) is 0 Å². The molecule has 108 valence electrons. The van der Waals surface area contributed by atoms with Gasteiger partial charge in [0.2, 0.25) is 0 Å². The molecular formula is C15H27N3O. The number of aliphatic hydroxyl groups excluding tert-OH is 1. The van der Waals surface area contributed by atoms with Crippen molar-refractivity contribution in [1.82, 2.24) is 14.5 Å². The van der Waals surface area contributed by atoms with Crippen molar-refractivity contribution in [3.63, 3.8) is 0 Å². The summed E-state index contributed by atoms with van der Waals surface area (Å²) in [5.74, 6) is 1.84. The van der Waals surface area contributed by atoms with Crippen LogP contribution in [0.5, 0.6) is 0 Å². The third-order valence-electron chi connectivity index (χ3n) is 4.11. The molecule has 1 N–H and O–H groups in total. The average molecular weight is 265 g/mol. The van der Waals surface area contributed by atoms with Gasteiger partial charge < -0.3 is 14.6 Å². The van der Waals surface area contributed by atoms with Gasteiger partial charge >= 0.3 is 0 Å². The molecule has 0 radical (unpaired) electrons. The van der Waals surface area contributed by atoms with E-state index in [0.29, 0.717) is 12.5 Å². The number of hydrogen-bond donors (Lipinski definition) is 1. The molecule has 1 aromatic rings. The molecule has 1 aromatic heterocycles. The highest BCUT2D eigenvalue weighted by molar-refractivity contribution is 5.02. The maximum absolute atomic E-state index is 8.76. The number of piperidine rings is 1. The van der Waals surface area contributed by atoms with Crippen molar-refractivity contribution < 1.29 is 5.11 Å². The van der Waals surface area contributed by atoms with Crippen molar-refractivity contribution in [2.75, 3.05) is 26.2 Å². The van der Waals surface area contributed by atoms with E-state index in [1.807, 2.05) is 12.4 Å². The highest BCUT2D eigenvalue weighted by Crippen LogP contribution is 2.25. The van der Waals surface area contributed by atoms with Gasteiger partial charge in [-0.15, -0.1) is 0 Å². The second-order valence-corrected chi connectivity index (χ2v) is 5.67. The fraction of sp³-hybridized carbons (Fsp3) is 0.800. The Hall–Kier alpha value is -0.870. The van der Waals surface area contributed by atoms with Crippen LogP contribution >= 0.6 is 0 Å². The molecule has 1 aliphatic heterocycles. The number of imidazole rings is 1. The Bertz CT molecular complexity index is 364. The summed E-state index contributed by atoms with van der Waals surface area (Å²) in [5, 5.41) is 8.76.